The van der Waals surface area contributed by atoms with Gasteiger partial charge in [-0.05, 0) is 49.7 Å². The molecule has 0 saturated carbocycles. The van der Waals surface area contributed by atoms with E-state index in [-0.39, 0.29) is 11.7 Å². The van der Waals surface area contributed by atoms with Crippen molar-refractivity contribution in [3.63, 3.8) is 0 Å². The van der Waals surface area contributed by atoms with Gasteiger partial charge in [-0.1, -0.05) is 18.6 Å². The molecule has 1 fully saturated rings. The molecule has 0 radical (unpaired) electrons. The van der Waals surface area contributed by atoms with Crippen LogP contribution in [0.3, 0.4) is 0 Å². The van der Waals surface area contributed by atoms with Gasteiger partial charge in [0.1, 0.15) is 11.3 Å². The smallest absolute Gasteiger partial charge is 0.359 e. The van der Waals surface area contributed by atoms with Crippen molar-refractivity contribution in [2.75, 3.05) is 43.4 Å². The molecule has 1 saturated heterocycles. The lowest BCUT2D eigenvalue weighted by atomic mass is 9.82. The standard InChI is InChI=1S/C26H29N5O2/c27-16-18-4-6-24-22(13-18)19(17-29-24)3-1-2-8-30-9-11-31(12-10-30)21-5-7-25-20(14-21)15-23(28)26(32)33-25/h4-7,13-15,17,19,22,24H,1-3,8-12,28H2. The highest BCUT2D eigenvalue weighted by molar-refractivity contribution is 5.83. The normalized spacial score (nSPS) is 24.6. The number of aliphatic imine (C=N–C) groups is 1. The van der Waals surface area contributed by atoms with Crippen LogP contribution in [0.4, 0.5) is 11.4 Å². The third kappa shape index (κ3) is 4.57. The van der Waals surface area contributed by atoms with Crippen molar-refractivity contribution in [1.82, 2.24) is 4.90 Å². The van der Waals surface area contributed by atoms with Crippen LogP contribution in [0.25, 0.3) is 11.0 Å². The Morgan fingerprint density at radius 2 is 2.03 bits per heavy atom. The van der Waals surface area contributed by atoms with Gasteiger partial charge in [-0.25, -0.2) is 4.79 Å². The molecule has 3 unspecified atom stereocenters. The van der Waals surface area contributed by atoms with Gasteiger partial charge in [0.2, 0.25) is 0 Å². The van der Waals surface area contributed by atoms with Crippen molar-refractivity contribution in [3.8, 4) is 6.07 Å². The minimum atomic E-state index is -0.483. The number of allylic oxidation sites excluding steroid dienone is 2. The molecule has 5 rings (SSSR count). The van der Waals surface area contributed by atoms with Crippen LogP contribution in [-0.4, -0.2) is 49.9 Å². The fourth-order valence-corrected chi connectivity index (χ4v) is 5.14. The predicted octanol–water partition coefficient (Wildman–Crippen LogP) is 3.37. The monoisotopic (exact) mass is 443 g/mol. The highest BCUT2D eigenvalue weighted by Crippen LogP contribution is 2.33. The molecule has 3 heterocycles. The van der Waals surface area contributed by atoms with Crippen LogP contribution in [-0.2, 0) is 0 Å². The van der Waals surface area contributed by atoms with Crippen molar-refractivity contribution in [2.45, 2.75) is 25.3 Å². The Balaban J connectivity index is 1.08. The Morgan fingerprint density at radius 3 is 2.85 bits per heavy atom. The number of hydrogen-bond donors (Lipinski definition) is 1. The number of rotatable bonds is 6. The number of unbranched alkanes of at least 4 members (excludes halogenated alkanes) is 1. The van der Waals surface area contributed by atoms with Crippen LogP contribution in [0.5, 0.6) is 0 Å². The maximum Gasteiger partial charge on any atom is 0.359 e. The van der Waals surface area contributed by atoms with Crippen LogP contribution < -0.4 is 16.3 Å². The Hall–Kier alpha value is -3.37. The first-order chi connectivity index (χ1) is 16.1. The molecule has 7 heteroatoms. The van der Waals surface area contributed by atoms with E-state index in [2.05, 4.69) is 39.2 Å². The summed E-state index contributed by atoms with van der Waals surface area (Å²) in [6.45, 7) is 5.15. The molecular formula is C26H29N5O2. The Kier molecular flexibility index (Phi) is 6.01. The average molecular weight is 444 g/mol. The van der Waals surface area contributed by atoms with Crippen molar-refractivity contribution in [1.29, 1.82) is 5.26 Å². The number of piperazine rings is 1. The molecule has 2 aromatic rings. The van der Waals surface area contributed by atoms with E-state index < -0.39 is 5.63 Å². The largest absolute Gasteiger partial charge is 0.421 e. The predicted molar refractivity (Wildman–Crippen MR) is 131 cm³/mol. The van der Waals surface area contributed by atoms with Crippen molar-refractivity contribution in [3.05, 3.63) is 58.5 Å². The molecule has 3 atom stereocenters. The van der Waals surface area contributed by atoms with E-state index in [4.69, 9.17) is 10.2 Å². The summed E-state index contributed by atoms with van der Waals surface area (Å²) in [4.78, 5) is 21.1. The van der Waals surface area contributed by atoms with Crippen LogP contribution >= 0.6 is 0 Å². The summed E-state index contributed by atoms with van der Waals surface area (Å²) in [6.07, 6.45) is 11.7. The highest BCUT2D eigenvalue weighted by atomic mass is 16.4. The van der Waals surface area contributed by atoms with Gasteiger partial charge in [0.15, 0.2) is 0 Å². The number of anilines is 2. The molecule has 3 aliphatic rings. The van der Waals surface area contributed by atoms with Crippen LogP contribution in [0.15, 0.2) is 62.3 Å². The van der Waals surface area contributed by atoms with Gasteiger partial charge in [-0.15, -0.1) is 0 Å². The lowest BCUT2D eigenvalue weighted by Crippen LogP contribution is -2.46. The second-order valence-electron chi connectivity index (χ2n) is 9.16. The summed E-state index contributed by atoms with van der Waals surface area (Å²) in [6, 6.07) is 10.1. The van der Waals surface area contributed by atoms with Gasteiger partial charge in [0.25, 0.3) is 0 Å². The third-order valence-corrected chi connectivity index (χ3v) is 7.05. The first-order valence-corrected chi connectivity index (χ1v) is 11.7. The van der Waals surface area contributed by atoms with Crippen LogP contribution in [0.2, 0.25) is 0 Å². The van der Waals surface area contributed by atoms with Crippen LogP contribution in [0.1, 0.15) is 19.3 Å². The summed E-state index contributed by atoms with van der Waals surface area (Å²) in [7, 11) is 0. The molecule has 1 aliphatic carbocycles. The number of nitriles is 1. The van der Waals surface area contributed by atoms with Crippen molar-refractivity contribution < 1.29 is 4.42 Å². The number of nitrogens with two attached hydrogens (primary N) is 1. The molecule has 7 nitrogen and oxygen atoms in total. The highest BCUT2D eigenvalue weighted by Gasteiger charge is 2.31. The molecule has 0 bridgehead atoms. The fraction of sp³-hybridized carbons (Fsp3) is 0.423. The Bertz CT molecular complexity index is 1210. The molecule has 0 spiro atoms. The van der Waals surface area contributed by atoms with Crippen molar-refractivity contribution >= 4 is 28.6 Å². The molecule has 1 aromatic heterocycles. The Labute approximate surface area is 193 Å². The Morgan fingerprint density at radius 1 is 1.18 bits per heavy atom. The molecule has 2 N–H and O–H groups in total. The zero-order chi connectivity index (χ0) is 22.8. The number of hydrogen-bond acceptors (Lipinski definition) is 7. The molecular weight excluding hydrogens is 414 g/mol. The van der Waals surface area contributed by atoms with Gasteiger partial charge in [-0.3, -0.25) is 9.89 Å². The molecule has 33 heavy (non-hydrogen) atoms. The van der Waals surface area contributed by atoms with Crippen molar-refractivity contribution in [2.24, 2.45) is 16.8 Å². The molecule has 0 amide bonds. The lowest BCUT2D eigenvalue weighted by molar-refractivity contribution is 0.250. The minimum absolute atomic E-state index is 0.144. The minimum Gasteiger partial charge on any atom is -0.421 e. The molecule has 2 aliphatic heterocycles. The zero-order valence-electron chi connectivity index (χ0n) is 18.7. The summed E-state index contributed by atoms with van der Waals surface area (Å²) in [5.41, 5.74) is 7.86. The fourth-order valence-electron chi connectivity index (χ4n) is 5.14. The number of benzene rings is 1. The van der Waals surface area contributed by atoms with E-state index >= 15 is 0 Å². The second kappa shape index (κ2) is 9.24. The summed E-state index contributed by atoms with van der Waals surface area (Å²) < 4.78 is 5.25. The number of fused-ring (bicyclic) bond motifs is 2. The van der Waals surface area contributed by atoms with Gasteiger partial charge < -0.3 is 15.1 Å². The number of nitrogens with zero attached hydrogens (tertiary/aromatic N) is 4. The van der Waals surface area contributed by atoms with E-state index in [0.717, 1.165) is 55.8 Å². The number of nitrogen functional groups attached to an aromatic ring is 1. The van der Waals surface area contributed by atoms with E-state index in [9.17, 15) is 10.1 Å². The molecule has 170 valence electrons. The van der Waals surface area contributed by atoms with Crippen LogP contribution in [0, 0.1) is 23.2 Å². The summed E-state index contributed by atoms with van der Waals surface area (Å²) in [5, 5.41) is 10.0. The summed E-state index contributed by atoms with van der Waals surface area (Å²) >= 11 is 0. The van der Waals surface area contributed by atoms with E-state index in [1.807, 2.05) is 24.3 Å². The second-order valence-corrected chi connectivity index (χ2v) is 9.16. The average Bonchev–Trinajstić information content (AvgIpc) is 3.25. The van der Waals surface area contributed by atoms with Gasteiger partial charge in [-0.2, -0.15) is 5.26 Å². The van der Waals surface area contributed by atoms with Gasteiger partial charge >= 0.3 is 5.63 Å². The SMILES string of the molecule is N#CC1=CC2C(CCCCN3CCN(c4ccc5oc(=O)c(N)cc5c4)CC3)C=NC2C=C1. The van der Waals surface area contributed by atoms with E-state index in [1.165, 1.54) is 12.8 Å². The first-order valence-electron chi connectivity index (χ1n) is 11.7. The van der Waals surface area contributed by atoms with E-state index in [0.29, 0.717) is 17.4 Å². The summed E-state index contributed by atoms with van der Waals surface area (Å²) in [5.74, 6) is 0.810. The van der Waals surface area contributed by atoms with Gasteiger partial charge in [0, 0.05) is 60.9 Å². The van der Waals surface area contributed by atoms with Gasteiger partial charge in [0.05, 0.1) is 12.1 Å². The topological polar surface area (TPSA) is 98.9 Å². The third-order valence-electron chi connectivity index (χ3n) is 7.05. The lowest BCUT2D eigenvalue weighted by Gasteiger charge is -2.36. The first kappa shape index (κ1) is 21.5. The maximum absolute atomic E-state index is 11.6. The zero-order valence-corrected chi connectivity index (χ0v) is 18.7. The maximum atomic E-state index is 11.6. The quantitative estimate of drug-likeness (QED) is 0.543. The molecule has 1 aromatic carbocycles. The van der Waals surface area contributed by atoms with E-state index in [1.54, 1.807) is 6.07 Å².